The van der Waals surface area contributed by atoms with Gasteiger partial charge in [-0.3, -0.25) is 10.2 Å². The van der Waals surface area contributed by atoms with Crippen LogP contribution in [0.1, 0.15) is 19.4 Å². The number of aliphatic hydroxyl groups is 2. The topological polar surface area (TPSA) is 132 Å². The monoisotopic (exact) mass is 642 g/mol. The minimum absolute atomic E-state index is 0.0437. The van der Waals surface area contributed by atoms with Crippen LogP contribution >= 0.6 is 11.3 Å². The average molecular weight is 643 g/mol. The summed E-state index contributed by atoms with van der Waals surface area (Å²) in [6, 6.07) is 18.7. The number of nitrogens with one attached hydrogen (secondary N) is 1. The number of hydrogen-bond donors (Lipinski definition) is 3. The van der Waals surface area contributed by atoms with Gasteiger partial charge in [-0.05, 0) is 54.3 Å². The van der Waals surface area contributed by atoms with E-state index in [1.165, 1.54) is 50.9 Å². The van der Waals surface area contributed by atoms with Crippen LogP contribution in [0.25, 0.3) is 10.2 Å². The van der Waals surface area contributed by atoms with Gasteiger partial charge < -0.3 is 14.9 Å². The van der Waals surface area contributed by atoms with Crippen molar-refractivity contribution in [3.05, 3.63) is 89.7 Å². The molecule has 5 rings (SSSR count). The third-order valence-electron chi connectivity index (χ3n) is 7.35. The van der Waals surface area contributed by atoms with Crippen molar-refractivity contribution in [1.82, 2.24) is 14.6 Å². The van der Waals surface area contributed by atoms with Crippen LogP contribution in [0, 0.1) is 11.7 Å². The number of ether oxygens (including phenoxy) is 1. The third-order valence-corrected chi connectivity index (χ3v) is 9.99. The van der Waals surface area contributed by atoms with Crippen LogP contribution in [-0.4, -0.2) is 78.1 Å². The highest BCUT2D eigenvalue weighted by Gasteiger charge is 2.39. The number of benzene rings is 3. The Bertz CT molecular complexity index is 1690. The molecule has 3 aromatic carbocycles. The number of amides is 1. The number of hydrogen-bond acceptors (Lipinski definition) is 9. The number of fused-ring (bicyclic) bond motifs is 1. The highest BCUT2D eigenvalue weighted by atomic mass is 32.2. The van der Waals surface area contributed by atoms with E-state index in [4.69, 9.17) is 4.74 Å². The van der Waals surface area contributed by atoms with Crippen LogP contribution in [0.3, 0.4) is 0 Å². The van der Waals surface area contributed by atoms with Crippen molar-refractivity contribution in [3.63, 3.8) is 0 Å². The Morgan fingerprint density at radius 2 is 1.86 bits per heavy atom. The largest absolute Gasteiger partial charge is 0.440 e. The molecule has 2 heterocycles. The van der Waals surface area contributed by atoms with Crippen LogP contribution < -0.4 is 10.2 Å². The normalized spacial score (nSPS) is 17.8. The number of anilines is 1. The van der Waals surface area contributed by atoms with E-state index in [2.05, 4.69) is 10.3 Å². The lowest BCUT2D eigenvalue weighted by Crippen LogP contribution is -2.55. The average Bonchev–Trinajstić information content (AvgIpc) is 3.63. The molecule has 4 aromatic rings. The first-order chi connectivity index (χ1) is 21.0. The minimum atomic E-state index is -4.02. The summed E-state index contributed by atoms with van der Waals surface area (Å²) in [4.78, 5) is 18.1. The smallest absolute Gasteiger partial charge is 0.414 e. The van der Waals surface area contributed by atoms with Gasteiger partial charge in [-0.25, -0.2) is 22.6 Å². The van der Waals surface area contributed by atoms with Crippen LogP contribution in [-0.2, 0) is 21.2 Å². The Balaban J connectivity index is 1.36. The summed E-state index contributed by atoms with van der Waals surface area (Å²) in [5.74, 6) is -0.561. The number of sulfonamides is 1. The van der Waals surface area contributed by atoms with Crippen molar-refractivity contribution < 1.29 is 32.6 Å². The van der Waals surface area contributed by atoms with Gasteiger partial charge in [0.2, 0.25) is 10.0 Å². The van der Waals surface area contributed by atoms with Crippen molar-refractivity contribution in [3.8, 4) is 0 Å². The summed E-state index contributed by atoms with van der Waals surface area (Å²) >= 11 is 1.41. The van der Waals surface area contributed by atoms with Gasteiger partial charge in [-0.15, -0.1) is 11.3 Å². The van der Waals surface area contributed by atoms with Crippen LogP contribution in [0.2, 0.25) is 0 Å². The van der Waals surface area contributed by atoms with Gasteiger partial charge >= 0.3 is 6.09 Å². The molecule has 1 aliphatic rings. The van der Waals surface area contributed by atoms with E-state index in [9.17, 15) is 27.8 Å². The van der Waals surface area contributed by atoms with Crippen molar-refractivity contribution in [1.29, 1.82) is 0 Å². The maximum absolute atomic E-state index is 13.8. The number of carbonyl (C=O) groups is 1. The molecule has 0 bridgehead atoms. The maximum atomic E-state index is 13.8. The third kappa shape index (κ3) is 7.42. The highest BCUT2D eigenvalue weighted by molar-refractivity contribution is 7.89. The molecule has 234 valence electrons. The van der Waals surface area contributed by atoms with Crippen molar-refractivity contribution in [2.24, 2.45) is 5.92 Å². The van der Waals surface area contributed by atoms with Gasteiger partial charge in [-0.2, -0.15) is 4.31 Å². The molecule has 1 saturated heterocycles. The molecule has 0 aliphatic carbocycles. The van der Waals surface area contributed by atoms with Gasteiger partial charge in [0.25, 0.3) is 0 Å². The van der Waals surface area contributed by atoms with E-state index in [1.54, 1.807) is 17.6 Å². The predicted molar refractivity (Wildman–Crippen MR) is 166 cm³/mol. The number of aromatic nitrogens is 1. The van der Waals surface area contributed by atoms with Gasteiger partial charge in [0.15, 0.2) is 6.10 Å². The quantitative estimate of drug-likeness (QED) is 0.187. The van der Waals surface area contributed by atoms with Gasteiger partial charge in [0.05, 0.1) is 39.0 Å². The number of rotatable bonds is 13. The Hall–Kier alpha value is -3.46. The molecular formula is C31H35FN4O6S2. The van der Waals surface area contributed by atoms with Crippen LogP contribution in [0.15, 0.2) is 83.2 Å². The zero-order valence-corrected chi connectivity index (χ0v) is 25.9. The summed E-state index contributed by atoms with van der Waals surface area (Å²) in [5.41, 5.74) is 3.36. The Kier molecular flexibility index (Phi) is 9.93. The molecule has 0 radical (unpaired) electrons. The second-order valence-electron chi connectivity index (χ2n) is 11.2. The SMILES string of the molecule is CC(C)CN(C[C@@H](O)[C@H](Cc1ccccc1)NC(O)[C@@H]1CN(c2cccc(F)c2)C(=O)O1)S(=O)(=O)c1ccc2scnc2c1. The van der Waals surface area contributed by atoms with Crippen LogP contribution in [0.4, 0.5) is 14.9 Å². The summed E-state index contributed by atoms with van der Waals surface area (Å²) in [6.07, 6.45) is -4.21. The van der Waals surface area contributed by atoms with E-state index < -0.39 is 46.4 Å². The standard InChI is InChI=1S/C31H35FN4O6S2/c1-20(2)16-35(44(40,41)24-11-12-29-26(15-24)33-19-43-29)17-27(37)25(13-21-7-4-3-5-8-21)34-30(38)28-18-36(31(39)42-28)23-10-6-9-22(32)14-23/h3-12,14-15,19-20,25,27-28,30,34,37-38H,13,16-18H2,1-2H3/t25-,27+,28-,30?/m0/s1. The Morgan fingerprint density at radius 1 is 1.09 bits per heavy atom. The molecule has 44 heavy (non-hydrogen) atoms. The second-order valence-corrected chi connectivity index (χ2v) is 14.0. The molecule has 1 aliphatic heterocycles. The second kappa shape index (κ2) is 13.7. The first kappa shape index (κ1) is 31.9. The van der Waals surface area contributed by atoms with E-state index in [0.29, 0.717) is 5.52 Å². The van der Waals surface area contributed by atoms with E-state index in [-0.39, 0.29) is 42.6 Å². The summed E-state index contributed by atoms with van der Waals surface area (Å²) < 4.78 is 49.0. The molecule has 1 unspecified atom stereocenters. The molecule has 4 atom stereocenters. The molecule has 1 aromatic heterocycles. The predicted octanol–water partition coefficient (Wildman–Crippen LogP) is 3.99. The lowest BCUT2D eigenvalue weighted by atomic mass is 10.00. The molecule has 3 N–H and O–H groups in total. The maximum Gasteiger partial charge on any atom is 0.414 e. The fourth-order valence-corrected chi connectivity index (χ4v) is 7.47. The van der Waals surface area contributed by atoms with Crippen molar-refractivity contribution >= 4 is 43.4 Å². The van der Waals surface area contributed by atoms with Gasteiger partial charge in [0, 0.05) is 19.1 Å². The number of aliphatic hydroxyl groups excluding tert-OH is 2. The number of carbonyl (C=O) groups excluding carboxylic acids is 1. The molecule has 1 amide bonds. The lowest BCUT2D eigenvalue weighted by Gasteiger charge is -2.32. The summed E-state index contributed by atoms with van der Waals surface area (Å²) in [7, 11) is -4.02. The Morgan fingerprint density at radius 3 is 2.59 bits per heavy atom. The lowest BCUT2D eigenvalue weighted by molar-refractivity contribution is -0.0119. The van der Waals surface area contributed by atoms with Gasteiger partial charge in [0.1, 0.15) is 12.0 Å². The fraction of sp³-hybridized carbons (Fsp3) is 0.355. The van der Waals surface area contributed by atoms with E-state index in [0.717, 1.165) is 10.3 Å². The first-order valence-corrected chi connectivity index (χ1v) is 16.6. The number of halogens is 1. The first-order valence-electron chi connectivity index (χ1n) is 14.2. The van der Waals surface area contributed by atoms with Gasteiger partial charge in [-0.1, -0.05) is 50.2 Å². The molecule has 10 nitrogen and oxygen atoms in total. The molecule has 0 spiro atoms. The number of nitrogens with zero attached hydrogens (tertiary/aromatic N) is 3. The van der Waals surface area contributed by atoms with E-state index >= 15 is 0 Å². The van der Waals surface area contributed by atoms with Crippen molar-refractivity contribution in [2.75, 3.05) is 24.5 Å². The van der Waals surface area contributed by atoms with E-state index in [1.807, 2.05) is 44.2 Å². The molecule has 1 fully saturated rings. The van der Waals surface area contributed by atoms with Crippen LogP contribution in [0.5, 0.6) is 0 Å². The zero-order valence-electron chi connectivity index (χ0n) is 24.3. The number of cyclic esters (lactones) is 1. The minimum Gasteiger partial charge on any atom is -0.440 e. The fourth-order valence-electron chi connectivity index (χ4n) is 5.17. The Labute approximate surface area is 259 Å². The number of thiazole rings is 1. The molecule has 0 saturated carbocycles. The zero-order chi connectivity index (χ0) is 31.4. The molecule has 13 heteroatoms. The molecular weight excluding hydrogens is 607 g/mol. The summed E-state index contributed by atoms with van der Waals surface area (Å²) in [5, 5.41) is 25.7. The van der Waals surface area contributed by atoms with Crippen molar-refractivity contribution in [2.45, 2.75) is 49.6 Å². The highest BCUT2D eigenvalue weighted by Crippen LogP contribution is 2.26. The summed E-state index contributed by atoms with van der Waals surface area (Å²) in [6.45, 7) is 3.61.